The molecule has 2 rings (SSSR count). The van der Waals surface area contributed by atoms with E-state index in [2.05, 4.69) is 60.6 Å². The standard InChI is InChI=1S/C16H22N2S/c1-13-4-6-14(7-5-13)11-18(3)12-16-9-8-15(19-16)10-17-2/h4-9,17H,10-12H2,1-3H3. The molecule has 3 heteroatoms. The summed E-state index contributed by atoms with van der Waals surface area (Å²) in [4.78, 5) is 5.20. The zero-order valence-corrected chi connectivity index (χ0v) is 12.8. The number of aryl methyl sites for hydroxylation is 1. The summed E-state index contributed by atoms with van der Waals surface area (Å²) in [6.07, 6.45) is 0. The number of nitrogens with one attached hydrogen (secondary N) is 1. The number of benzene rings is 1. The van der Waals surface area contributed by atoms with Crippen LogP contribution in [0.2, 0.25) is 0 Å². The van der Waals surface area contributed by atoms with Crippen LogP contribution in [0.25, 0.3) is 0 Å². The first-order chi connectivity index (χ1) is 9.17. The third kappa shape index (κ3) is 4.46. The Labute approximate surface area is 120 Å². The second-order valence-electron chi connectivity index (χ2n) is 5.06. The van der Waals surface area contributed by atoms with Gasteiger partial charge in [-0.25, -0.2) is 0 Å². The average molecular weight is 274 g/mol. The molecule has 1 heterocycles. The molecule has 1 N–H and O–H groups in total. The second-order valence-corrected chi connectivity index (χ2v) is 6.31. The van der Waals surface area contributed by atoms with Gasteiger partial charge in [0, 0.05) is 29.4 Å². The smallest absolute Gasteiger partial charge is 0.0328 e. The van der Waals surface area contributed by atoms with Crippen LogP contribution >= 0.6 is 11.3 Å². The van der Waals surface area contributed by atoms with Crippen molar-refractivity contribution in [2.75, 3.05) is 14.1 Å². The Morgan fingerprint density at radius 3 is 2.37 bits per heavy atom. The SMILES string of the molecule is CNCc1ccc(CN(C)Cc2ccc(C)cc2)s1. The molecule has 0 saturated heterocycles. The maximum absolute atomic E-state index is 3.19. The van der Waals surface area contributed by atoms with Crippen molar-refractivity contribution in [3.8, 4) is 0 Å². The number of hydrogen-bond acceptors (Lipinski definition) is 3. The molecule has 0 saturated carbocycles. The van der Waals surface area contributed by atoms with E-state index in [1.807, 2.05) is 18.4 Å². The molecule has 19 heavy (non-hydrogen) atoms. The van der Waals surface area contributed by atoms with E-state index in [1.165, 1.54) is 20.9 Å². The average Bonchev–Trinajstić information content (AvgIpc) is 2.80. The molecule has 0 aliphatic carbocycles. The third-order valence-corrected chi connectivity index (χ3v) is 4.14. The number of hydrogen-bond donors (Lipinski definition) is 1. The molecule has 0 fully saturated rings. The zero-order valence-electron chi connectivity index (χ0n) is 11.9. The fraction of sp³-hybridized carbons (Fsp3) is 0.375. The largest absolute Gasteiger partial charge is 0.315 e. The van der Waals surface area contributed by atoms with Gasteiger partial charge in [-0.1, -0.05) is 29.8 Å². The minimum absolute atomic E-state index is 0.965. The maximum Gasteiger partial charge on any atom is 0.0328 e. The Kier molecular flexibility index (Phi) is 5.14. The van der Waals surface area contributed by atoms with Gasteiger partial charge in [0.15, 0.2) is 0 Å². The minimum Gasteiger partial charge on any atom is -0.315 e. The van der Waals surface area contributed by atoms with Crippen LogP contribution in [0.4, 0.5) is 0 Å². The number of thiophene rings is 1. The monoisotopic (exact) mass is 274 g/mol. The predicted octanol–water partition coefficient (Wildman–Crippen LogP) is 3.41. The lowest BCUT2D eigenvalue weighted by Gasteiger charge is -2.15. The van der Waals surface area contributed by atoms with E-state index in [4.69, 9.17) is 0 Å². The maximum atomic E-state index is 3.19. The summed E-state index contributed by atoms with van der Waals surface area (Å²) < 4.78 is 0. The molecule has 102 valence electrons. The van der Waals surface area contributed by atoms with Crippen LogP contribution in [0.3, 0.4) is 0 Å². The van der Waals surface area contributed by atoms with Crippen LogP contribution in [0.1, 0.15) is 20.9 Å². The molecule has 1 aromatic carbocycles. The summed E-state index contributed by atoms with van der Waals surface area (Å²) in [5.74, 6) is 0. The summed E-state index contributed by atoms with van der Waals surface area (Å²) in [6, 6.07) is 13.2. The fourth-order valence-corrected chi connectivity index (χ4v) is 3.21. The van der Waals surface area contributed by atoms with Crippen molar-refractivity contribution in [2.45, 2.75) is 26.6 Å². The highest BCUT2D eigenvalue weighted by molar-refractivity contribution is 7.11. The molecular weight excluding hydrogens is 252 g/mol. The Balaban J connectivity index is 1.89. The summed E-state index contributed by atoms with van der Waals surface area (Å²) in [5.41, 5.74) is 2.70. The molecule has 1 aromatic heterocycles. The Hall–Kier alpha value is -1.16. The Morgan fingerprint density at radius 1 is 1.00 bits per heavy atom. The van der Waals surface area contributed by atoms with Crippen LogP contribution < -0.4 is 5.32 Å². The van der Waals surface area contributed by atoms with Gasteiger partial charge in [-0.2, -0.15) is 0 Å². The molecule has 2 aromatic rings. The third-order valence-electron chi connectivity index (χ3n) is 3.07. The zero-order chi connectivity index (χ0) is 13.7. The predicted molar refractivity (Wildman–Crippen MR) is 83.4 cm³/mol. The van der Waals surface area contributed by atoms with Crippen LogP contribution in [-0.4, -0.2) is 19.0 Å². The van der Waals surface area contributed by atoms with E-state index in [-0.39, 0.29) is 0 Å². The number of rotatable bonds is 6. The quantitative estimate of drug-likeness (QED) is 0.868. The summed E-state index contributed by atoms with van der Waals surface area (Å²) in [7, 11) is 4.17. The Bertz CT molecular complexity index is 502. The van der Waals surface area contributed by atoms with Gasteiger partial charge in [-0.3, -0.25) is 4.90 Å². The highest BCUT2D eigenvalue weighted by atomic mass is 32.1. The lowest BCUT2D eigenvalue weighted by molar-refractivity contribution is 0.322. The van der Waals surface area contributed by atoms with Gasteiger partial charge in [-0.15, -0.1) is 11.3 Å². The second kappa shape index (κ2) is 6.85. The molecular formula is C16H22N2S. The molecule has 0 spiro atoms. The summed E-state index contributed by atoms with van der Waals surface area (Å²) in [5, 5.41) is 3.19. The molecule has 0 bridgehead atoms. The van der Waals surface area contributed by atoms with Crippen molar-refractivity contribution >= 4 is 11.3 Å². The molecule has 0 radical (unpaired) electrons. The van der Waals surface area contributed by atoms with Crippen molar-refractivity contribution in [1.29, 1.82) is 0 Å². The van der Waals surface area contributed by atoms with Gasteiger partial charge in [0.05, 0.1) is 0 Å². The molecule has 0 aliphatic heterocycles. The fourth-order valence-electron chi connectivity index (χ4n) is 2.10. The van der Waals surface area contributed by atoms with Crippen LogP contribution in [-0.2, 0) is 19.6 Å². The Morgan fingerprint density at radius 2 is 1.68 bits per heavy atom. The molecule has 0 amide bonds. The molecule has 0 aliphatic rings. The first-order valence-corrected chi connectivity index (χ1v) is 7.45. The first kappa shape index (κ1) is 14.3. The van der Waals surface area contributed by atoms with E-state index in [0.717, 1.165) is 19.6 Å². The van der Waals surface area contributed by atoms with Gasteiger partial charge in [0.25, 0.3) is 0 Å². The van der Waals surface area contributed by atoms with E-state index in [1.54, 1.807) is 0 Å². The summed E-state index contributed by atoms with van der Waals surface area (Å²) in [6.45, 7) is 5.11. The van der Waals surface area contributed by atoms with E-state index < -0.39 is 0 Å². The van der Waals surface area contributed by atoms with Gasteiger partial charge in [0.2, 0.25) is 0 Å². The van der Waals surface area contributed by atoms with Crippen molar-refractivity contribution in [3.05, 3.63) is 57.3 Å². The topological polar surface area (TPSA) is 15.3 Å². The van der Waals surface area contributed by atoms with Crippen LogP contribution in [0.15, 0.2) is 36.4 Å². The van der Waals surface area contributed by atoms with Crippen LogP contribution in [0, 0.1) is 6.92 Å². The lowest BCUT2D eigenvalue weighted by atomic mass is 10.1. The summed E-state index contributed by atoms with van der Waals surface area (Å²) >= 11 is 1.89. The van der Waals surface area contributed by atoms with Crippen molar-refractivity contribution in [3.63, 3.8) is 0 Å². The van der Waals surface area contributed by atoms with E-state index >= 15 is 0 Å². The van der Waals surface area contributed by atoms with Gasteiger partial charge >= 0.3 is 0 Å². The van der Waals surface area contributed by atoms with Gasteiger partial charge in [-0.05, 0) is 38.7 Å². The highest BCUT2D eigenvalue weighted by Crippen LogP contribution is 2.18. The van der Waals surface area contributed by atoms with Gasteiger partial charge < -0.3 is 5.32 Å². The van der Waals surface area contributed by atoms with E-state index in [0.29, 0.717) is 0 Å². The van der Waals surface area contributed by atoms with Crippen molar-refractivity contribution < 1.29 is 0 Å². The normalized spacial score (nSPS) is 11.2. The molecule has 0 unspecified atom stereocenters. The van der Waals surface area contributed by atoms with Crippen LogP contribution in [0.5, 0.6) is 0 Å². The van der Waals surface area contributed by atoms with Crippen molar-refractivity contribution in [1.82, 2.24) is 10.2 Å². The van der Waals surface area contributed by atoms with Gasteiger partial charge in [0.1, 0.15) is 0 Å². The minimum atomic E-state index is 0.965. The first-order valence-electron chi connectivity index (χ1n) is 6.63. The highest BCUT2D eigenvalue weighted by Gasteiger charge is 2.04. The van der Waals surface area contributed by atoms with E-state index in [9.17, 15) is 0 Å². The molecule has 2 nitrogen and oxygen atoms in total. The number of nitrogens with zero attached hydrogens (tertiary/aromatic N) is 1. The molecule has 0 atom stereocenters. The lowest BCUT2D eigenvalue weighted by Crippen LogP contribution is -2.16. The van der Waals surface area contributed by atoms with Crippen molar-refractivity contribution in [2.24, 2.45) is 0 Å².